The minimum absolute atomic E-state index is 0.0684. The molecule has 2 aromatic carbocycles. The average Bonchev–Trinajstić information content (AvgIpc) is 2.98. The van der Waals surface area contributed by atoms with Crippen LogP contribution < -0.4 is 10.1 Å². The van der Waals surface area contributed by atoms with Crippen LogP contribution in [0.3, 0.4) is 0 Å². The first-order chi connectivity index (χ1) is 13.6. The van der Waals surface area contributed by atoms with Crippen molar-refractivity contribution in [3.8, 4) is 5.75 Å². The fourth-order valence-corrected chi connectivity index (χ4v) is 4.10. The van der Waals surface area contributed by atoms with Crippen LogP contribution >= 0.6 is 24.0 Å². The van der Waals surface area contributed by atoms with E-state index in [2.05, 4.69) is 24.4 Å². The molecule has 4 nitrogen and oxygen atoms in total. The SMILES string of the molecule is CCCCN1C(=O)/C(=C\c2ccc(CSc3ccccc3)c(OC)c2)NC1=S. The summed E-state index contributed by atoms with van der Waals surface area (Å²) in [6, 6.07) is 16.3. The molecule has 1 fully saturated rings. The molecule has 1 N–H and O–H groups in total. The monoisotopic (exact) mass is 412 g/mol. The molecule has 0 atom stereocenters. The summed E-state index contributed by atoms with van der Waals surface area (Å²) in [5, 5.41) is 3.51. The number of thioether (sulfide) groups is 1. The summed E-state index contributed by atoms with van der Waals surface area (Å²) >= 11 is 7.06. The molecule has 0 spiro atoms. The van der Waals surface area contributed by atoms with Gasteiger partial charge in [-0.2, -0.15) is 0 Å². The molecule has 28 heavy (non-hydrogen) atoms. The van der Waals surface area contributed by atoms with Crippen LogP contribution in [0.25, 0.3) is 6.08 Å². The van der Waals surface area contributed by atoms with E-state index in [4.69, 9.17) is 17.0 Å². The number of hydrogen-bond acceptors (Lipinski definition) is 4. The zero-order valence-corrected chi connectivity index (χ0v) is 17.7. The Labute approximate surface area is 176 Å². The Kier molecular flexibility index (Phi) is 7.12. The summed E-state index contributed by atoms with van der Waals surface area (Å²) in [5.41, 5.74) is 2.53. The normalized spacial score (nSPS) is 15.2. The molecule has 0 unspecified atom stereocenters. The van der Waals surface area contributed by atoms with Crippen LogP contribution in [0.2, 0.25) is 0 Å². The molecule has 146 valence electrons. The minimum atomic E-state index is -0.0684. The summed E-state index contributed by atoms with van der Waals surface area (Å²) in [5.74, 6) is 1.56. The van der Waals surface area contributed by atoms with E-state index < -0.39 is 0 Å². The second kappa shape index (κ2) is 9.75. The van der Waals surface area contributed by atoms with Gasteiger partial charge in [0.15, 0.2) is 5.11 Å². The maximum atomic E-state index is 12.6. The van der Waals surface area contributed by atoms with Crippen molar-refractivity contribution in [3.63, 3.8) is 0 Å². The number of carbonyl (C=O) groups is 1. The van der Waals surface area contributed by atoms with E-state index in [1.165, 1.54) is 4.90 Å². The third-order valence-electron chi connectivity index (χ3n) is 4.46. The first-order valence-corrected chi connectivity index (χ1v) is 10.7. The third kappa shape index (κ3) is 4.94. The fraction of sp³-hybridized carbons (Fsp3) is 0.273. The van der Waals surface area contributed by atoms with E-state index in [0.717, 1.165) is 35.5 Å². The largest absolute Gasteiger partial charge is 0.496 e. The number of amides is 1. The number of rotatable bonds is 8. The number of benzene rings is 2. The second-order valence-electron chi connectivity index (χ2n) is 6.47. The van der Waals surface area contributed by atoms with Crippen LogP contribution in [-0.4, -0.2) is 29.6 Å². The highest BCUT2D eigenvalue weighted by Crippen LogP contribution is 2.29. The molecule has 1 heterocycles. The predicted molar refractivity (Wildman–Crippen MR) is 119 cm³/mol. The highest BCUT2D eigenvalue weighted by molar-refractivity contribution is 7.98. The van der Waals surface area contributed by atoms with E-state index in [0.29, 0.717) is 17.4 Å². The Morgan fingerprint density at radius 3 is 2.71 bits per heavy atom. The molecule has 0 aliphatic carbocycles. The number of carbonyl (C=O) groups excluding carboxylic acids is 1. The van der Waals surface area contributed by atoms with Crippen molar-refractivity contribution in [3.05, 3.63) is 65.4 Å². The van der Waals surface area contributed by atoms with Gasteiger partial charge < -0.3 is 10.1 Å². The zero-order chi connectivity index (χ0) is 19.9. The number of ether oxygens (including phenoxy) is 1. The van der Waals surface area contributed by atoms with Gasteiger partial charge in [-0.15, -0.1) is 11.8 Å². The molecule has 0 radical (unpaired) electrons. The Balaban J connectivity index is 1.74. The number of unbranched alkanes of at least 4 members (excludes halogenated alkanes) is 1. The lowest BCUT2D eigenvalue weighted by atomic mass is 10.1. The third-order valence-corrected chi connectivity index (χ3v) is 5.84. The van der Waals surface area contributed by atoms with Crippen LogP contribution in [0.4, 0.5) is 0 Å². The first kappa shape index (κ1) is 20.4. The number of methoxy groups -OCH3 is 1. The lowest BCUT2D eigenvalue weighted by molar-refractivity contribution is -0.122. The van der Waals surface area contributed by atoms with Gasteiger partial charge in [-0.3, -0.25) is 9.69 Å². The summed E-state index contributed by atoms with van der Waals surface area (Å²) in [6.07, 6.45) is 3.78. The summed E-state index contributed by atoms with van der Waals surface area (Å²) < 4.78 is 5.58. The van der Waals surface area contributed by atoms with Crippen molar-refractivity contribution in [2.45, 2.75) is 30.4 Å². The van der Waals surface area contributed by atoms with Gasteiger partial charge >= 0.3 is 0 Å². The van der Waals surface area contributed by atoms with Gasteiger partial charge in [0.1, 0.15) is 11.4 Å². The molecule has 6 heteroatoms. The number of nitrogens with one attached hydrogen (secondary N) is 1. The Bertz CT molecular complexity index is 881. The standard InChI is InChI=1S/C22H24N2O2S2/c1-3-4-12-24-21(25)19(23-22(24)27)13-16-10-11-17(20(14-16)26-2)15-28-18-8-6-5-7-9-18/h5-11,13-14H,3-4,12,15H2,1-2H3,(H,23,27)/b19-13+. The molecular formula is C22H24N2O2S2. The van der Waals surface area contributed by atoms with Gasteiger partial charge in [0.2, 0.25) is 0 Å². The van der Waals surface area contributed by atoms with Gasteiger partial charge in [0.25, 0.3) is 5.91 Å². The molecule has 0 aromatic heterocycles. The molecular weight excluding hydrogens is 388 g/mol. The van der Waals surface area contributed by atoms with Gasteiger partial charge in [-0.1, -0.05) is 43.7 Å². The van der Waals surface area contributed by atoms with Gasteiger partial charge in [0.05, 0.1) is 7.11 Å². The molecule has 1 aliphatic heterocycles. The number of thiocarbonyl (C=S) groups is 1. The topological polar surface area (TPSA) is 41.6 Å². The van der Waals surface area contributed by atoms with Crippen LogP contribution in [0.5, 0.6) is 5.75 Å². The van der Waals surface area contributed by atoms with Gasteiger partial charge in [0, 0.05) is 22.8 Å². The molecule has 0 saturated carbocycles. The average molecular weight is 413 g/mol. The van der Waals surface area contributed by atoms with Crippen LogP contribution in [0, 0.1) is 0 Å². The summed E-state index contributed by atoms with van der Waals surface area (Å²) in [7, 11) is 1.67. The molecule has 0 bridgehead atoms. The Morgan fingerprint density at radius 1 is 1.21 bits per heavy atom. The molecule has 1 saturated heterocycles. The number of nitrogens with zero attached hydrogens (tertiary/aromatic N) is 1. The van der Waals surface area contributed by atoms with Crippen LogP contribution in [0.15, 0.2) is 59.1 Å². The van der Waals surface area contributed by atoms with Crippen molar-refractivity contribution in [2.75, 3.05) is 13.7 Å². The van der Waals surface area contributed by atoms with Crippen molar-refractivity contribution in [1.82, 2.24) is 10.2 Å². The maximum absolute atomic E-state index is 12.6. The van der Waals surface area contributed by atoms with Crippen molar-refractivity contribution < 1.29 is 9.53 Å². The minimum Gasteiger partial charge on any atom is -0.496 e. The van der Waals surface area contributed by atoms with Crippen molar-refractivity contribution in [2.24, 2.45) is 0 Å². The quantitative estimate of drug-likeness (QED) is 0.382. The van der Waals surface area contributed by atoms with E-state index in [9.17, 15) is 4.79 Å². The Morgan fingerprint density at radius 2 is 2.00 bits per heavy atom. The highest BCUT2D eigenvalue weighted by Gasteiger charge is 2.29. The van der Waals surface area contributed by atoms with Crippen LogP contribution in [0.1, 0.15) is 30.9 Å². The smallest absolute Gasteiger partial charge is 0.276 e. The van der Waals surface area contributed by atoms with Crippen molar-refractivity contribution in [1.29, 1.82) is 0 Å². The summed E-state index contributed by atoms with van der Waals surface area (Å²) in [6.45, 7) is 2.75. The van der Waals surface area contributed by atoms with E-state index >= 15 is 0 Å². The molecule has 1 amide bonds. The molecule has 2 aromatic rings. The molecule has 3 rings (SSSR count). The predicted octanol–water partition coefficient (Wildman–Crippen LogP) is 4.85. The lowest BCUT2D eigenvalue weighted by Crippen LogP contribution is -2.31. The molecule has 1 aliphatic rings. The van der Waals surface area contributed by atoms with Crippen molar-refractivity contribution >= 4 is 41.1 Å². The Hall–Kier alpha value is -2.31. The second-order valence-corrected chi connectivity index (χ2v) is 7.91. The highest BCUT2D eigenvalue weighted by atomic mass is 32.2. The summed E-state index contributed by atoms with van der Waals surface area (Å²) in [4.78, 5) is 15.4. The van der Waals surface area contributed by atoms with E-state index in [1.54, 1.807) is 23.8 Å². The van der Waals surface area contributed by atoms with E-state index in [-0.39, 0.29) is 5.91 Å². The fourth-order valence-electron chi connectivity index (χ4n) is 2.91. The van der Waals surface area contributed by atoms with Gasteiger partial charge in [-0.25, -0.2) is 0 Å². The zero-order valence-electron chi connectivity index (χ0n) is 16.1. The van der Waals surface area contributed by atoms with Gasteiger partial charge in [-0.05, 0) is 48.5 Å². The maximum Gasteiger partial charge on any atom is 0.276 e. The van der Waals surface area contributed by atoms with E-state index in [1.807, 2.05) is 42.5 Å². The van der Waals surface area contributed by atoms with Crippen LogP contribution in [-0.2, 0) is 10.5 Å². The first-order valence-electron chi connectivity index (χ1n) is 9.31. The number of hydrogen-bond donors (Lipinski definition) is 1. The lowest BCUT2D eigenvalue weighted by Gasteiger charge is -2.12.